The first-order valence-corrected chi connectivity index (χ1v) is 6.15. The number of rotatable bonds is 2. The molecule has 2 aromatic rings. The van der Waals surface area contributed by atoms with Crippen LogP contribution in [-0.2, 0) is 10.2 Å². The van der Waals surface area contributed by atoms with Gasteiger partial charge < -0.3 is 10.1 Å². The van der Waals surface area contributed by atoms with Gasteiger partial charge in [-0.15, -0.1) is 0 Å². The number of aromatic nitrogens is 1. The number of H-pyrrole nitrogens is 1. The van der Waals surface area contributed by atoms with Crippen molar-refractivity contribution in [3.63, 3.8) is 0 Å². The van der Waals surface area contributed by atoms with Gasteiger partial charge in [0.05, 0.1) is 5.41 Å². The van der Waals surface area contributed by atoms with Crippen molar-refractivity contribution in [1.29, 1.82) is 0 Å². The van der Waals surface area contributed by atoms with Crippen molar-refractivity contribution >= 4 is 16.9 Å². The molecule has 1 heterocycles. The molecule has 1 aliphatic carbocycles. The summed E-state index contributed by atoms with van der Waals surface area (Å²) < 4.78 is 14.5. The van der Waals surface area contributed by atoms with Crippen LogP contribution in [-0.4, -0.2) is 16.1 Å². The average Bonchev–Trinajstić information content (AvgIpc) is 2.98. The molecule has 3 rings (SSSR count). The maximum Gasteiger partial charge on any atom is 0.314 e. The fourth-order valence-electron chi connectivity index (χ4n) is 3.04. The second-order valence-corrected chi connectivity index (χ2v) is 4.96. The molecular weight excluding hydrogens is 233 g/mol. The van der Waals surface area contributed by atoms with Crippen molar-refractivity contribution in [3.05, 3.63) is 35.8 Å². The maximum absolute atomic E-state index is 14.5. The number of carboxylic acid groups (broad SMARTS) is 1. The summed E-state index contributed by atoms with van der Waals surface area (Å²) in [5.74, 6) is -1.30. The van der Waals surface area contributed by atoms with Crippen LogP contribution in [0.15, 0.2) is 24.4 Å². The molecule has 1 aromatic heterocycles. The lowest BCUT2D eigenvalue weighted by Gasteiger charge is -2.25. The van der Waals surface area contributed by atoms with Crippen LogP contribution >= 0.6 is 0 Å². The lowest BCUT2D eigenvalue weighted by Crippen LogP contribution is -2.33. The molecule has 0 unspecified atom stereocenters. The first-order chi connectivity index (χ1) is 8.65. The standard InChI is InChI=1S/C14H14FNO2/c15-12-9-5-8-16-11(9)4-3-10(12)14(13(17)18)6-1-2-7-14/h3-5,8,16H,1-2,6-7H2,(H,17,18). The van der Waals surface area contributed by atoms with E-state index in [1.54, 1.807) is 24.4 Å². The van der Waals surface area contributed by atoms with Gasteiger partial charge in [0.2, 0.25) is 0 Å². The first-order valence-electron chi connectivity index (χ1n) is 6.15. The Bertz CT molecular complexity index is 611. The van der Waals surface area contributed by atoms with Crippen molar-refractivity contribution in [2.75, 3.05) is 0 Å². The van der Waals surface area contributed by atoms with E-state index in [4.69, 9.17) is 0 Å². The molecule has 0 radical (unpaired) electrons. The van der Waals surface area contributed by atoms with Crippen molar-refractivity contribution in [1.82, 2.24) is 4.98 Å². The molecule has 0 bridgehead atoms. The SMILES string of the molecule is O=C(O)C1(c2ccc3[nH]ccc3c2F)CCCC1. The number of hydrogen-bond donors (Lipinski definition) is 2. The molecule has 3 nitrogen and oxygen atoms in total. The first kappa shape index (κ1) is 11.3. The second kappa shape index (κ2) is 3.83. The van der Waals surface area contributed by atoms with Gasteiger partial charge in [-0.25, -0.2) is 4.39 Å². The number of aliphatic carboxylic acids is 1. The van der Waals surface area contributed by atoms with Crippen molar-refractivity contribution < 1.29 is 14.3 Å². The number of nitrogens with one attached hydrogen (secondary N) is 1. The minimum atomic E-state index is -1.03. The van der Waals surface area contributed by atoms with Crippen LogP contribution < -0.4 is 0 Å². The molecule has 1 fully saturated rings. The highest BCUT2D eigenvalue weighted by molar-refractivity contribution is 5.86. The Morgan fingerprint density at radius 3 is 2.67 bits per heavy atom. The zero-order chi connectivity index (χ0) is 12.8. The smallest absolute Gasteiger partial charge is 0.314 e. The Labute approximate surface area is 104 Å². The van der Waals surface area contributed by atoms with Crippen LogP contribution in [0.25, 0.3) is 10.9 Å². The van der Waals surface area contributed by atoms with Gasteiger partial charge in [0.15, 0.2) is 0 Å². The molecular formula is C14H14FNO2. The van der Waals surface area contributed by atoms with Crippen molar-refractivity contribution in [2.24, 2.45) is 0 Å². The molecule has 1 saturated carbocycles. The van der Waals surface area contributed by atoms with Gasteiger partial charge in [-0.1, -0.05) is 18.9 Å². The van der Waals surface area contributed by atoms with E-state index in [0.29, 0.717) is 29.3 Å². The summed E-state index contributed by atoms with van der Waals surface area (Å²) >= 11 is 0. The summed E-state index contributed by atoms with van der Waals surface area (Å²) in [6.45, 7) is 0. The van der Waals surface area contributed by atoms with E-state index in [1.807, 2.05) is 0 Å². The number of benzene rings is 1. The highest BCUT2D eigenvalue weighted by Gasteiger charge is 2.44. The monoisotopic (exact) mass is 247 g/mol. The summed E-state index contributed by atoms with van der Waals surface area (Å²) in [5.41, 5.74) is 0.00427. The predicted molar refractivity (Wildman–Crippen MR) is 66.0 cm³/mol. The van der Waals surface area contributed by atoms with Crippen LogP contribution in [0.4, 0.5) is 4.39 Å². The largest absolute Gasteiger partial charge is 0.481 e. The van der Waals surface area contributed by atoms with E-state index in [9.17, 15) is 14.3 Å². The normalized spacial score (nSPS) is 18.3. The van der Waals surface area contributed by atoms with Gasteiger partial charge in [0, 0.05) is 22.7 Å². The highest BCUT2D eigenvalue weighted by Crippen LogP contribution is 2.43. The summed E-state index contributed by atoms with van der Waals surface area (Å²) in [5, 5.41) is 9.96. The van der Waals surface area contributed by atoms with Crippen LogP contribution in [0.3, 0.4) is 0 Å². The van der Waals surface area contributed by atoms with E-state index in [1.165, 1.54) is 0 Å². The Morgan fingerprint density at radius 1 is 1.28 bits per heavy atom. The van der Waals surface area contributed by atoms with Crippen LogP contribution in [0.2, 0.25) is 0 Å². The third-order valence-electron chi connectivity index (χ3n) is 4.05. The van der Waals surface area contributed by atoms with Gasteiger partial charge in [0.1, 0.15) is 5.82 Å². The number of carboxylic acids is 1. The number of fused-ring (bicyclic) bond motifs is 1. The van der Waals surface area contributed by atoms with Crippen LogP contribution in [0, 0.1) is 5.82 Å². The summed E-state index contributed by atoms with van der Waals surface area (Å²) in [6, 6.07) is 5.03. The van der Waals surface area contributed by atoms with Crippen LogP contribution in [0.5, 0.6) is 0 Å². The maximum atomic E-state index is 14.5. The fraction of sp³-hybridized carbons (Fsp3) is 0.357. The van der Waals surface area contributed by atoms with Gasteiger partial charge >= 0.3 is 5.97 Å². The molecule has 1 aliphatic rings. The van der Waals surface area contributed by atoms with Gasteiger partial charge in [-0.2, -0.15) is 0 Å². The number of halogens is 1. The summed E-state index contributed by atoms with van der Waals surface area (Å²) in [6.07, 6.45) is 4.40. The molecule has 4 heteroatoms. The third kappa shape index (κ3) is 1.38. The average molecular weight is 247 g/mol. The minimum absolute atomic E-state index is 0.333. The van der Waals surface area contributed by atoms with Gasteiger partial charge in [0.25, 0.3) is 0 Å². The number of aromatic amines is 1. The second-order valence-electron chi connectivity index (χ2n) is 4.96. The predicted octanol–water partition coefficient (Wildman–Crippen LogP) is 3.20. The topological polar surface area (TPSA) is 53.1 Å². The van der Waals surface area contributed by atoms with Gasteiger partial charge in [-0.05, 0) is 25.0 Å². The molecule has 1 aromatic carbocycles. The molecule has 0 aliphatic heterocycles. The van der Waals surface area contributed by atoms with Gasteiger partial charge in [-0.3, -0.25) is 4.79 Å². The van der Waals surface area contributed by atoms with Crippen molar-refractivity contribution in [3.8, 4) is 0 Å². The number of carbonyl (C=O) groups is 1. The lowest BCUT2D eigenvalue weighted by atomic mass is 9.78. The molecule has 2 N–H and O–H groups in total. The van der Waals surface area contributed by atoms with Crippen LogP contribution in [0.1, 0.15) is 31.2 Å². The third-order valence-corrected chi connectivity index (χ3v) is 4.05. The highest BCUT2D eigenvalue weighted by atomic mass is 19.1. The Kier molecular flexibility index (Phi) is 2.40. The molecule has 94 valence electrons. The minimum Gasteiger partial charge on any atom is -0.481 e. The van der Waals surface area contributed by atoms with E-state index in [0.717, 1.165) is 12.8 Å². The Morgan fingerprint density at radius 2 is 2.00 bits per heavy atom. The Hall–Kier alpha value is -1.84. The molecule has 18 heavy (non-hydrogen) atoms. The van der Waals surface area contributed by atoms with E-state index in [-0.39, 0.29) is 0 Å². The zero-order valence-corrected chi connectivity index (χ0v) is 9.87. The van der Waals surface area contributed by atoms with Crippen molar-refractivity contribution in [2.45, 2.75) is 31.1 Å². The van der Waals surface area contributed by atoms with E-state index >= 15 is 0 Å². The molecule has 0 atom stereocenters. The molecule has 0 amide bonds. The quantitative estimate of drug-likeness (QED) is 0.856. The lowest BCUT2D eigenvalue weighted by molar-refractivity contribution is -0.143. The fourth-order valence-corrected chi connectivity index (χ4v) is 3.04. The van der Waals surface area contributed by atoms with E-state index in [2.05, 4.69) is 4.98 Å². The van der Waals surface area contributed by atoms with E-state index < -0.39 is 17.2 Å². The summed E-state index contributed by atoms with van der Waals surface area (Å²) in [4.78, 5) is 14.5. The number of hydrogen-bond acceptors (Lipinski definition) is 1. The molecule has 0 saturated heterocycles. The Balaban J connectivity index is 2.23. The zero-order valence-electron chi connectivity index (χ0n) is 9.87. The molecule has 0 spiro atoms. The summed E-state index contributed by atoms with van der Waals surface area (Å²) in [7, 11) is 0.